The van der Waals surface area contributed by atoms with Gasteiger partial charge in [-0.3, -0.25) is 4.79 Å². The first-order valence-electron chi connectivity index (χ1n) is 6.45. The predicted octanol–water partition coefficient (Wildman–Crippen LogP) is 2.65. The fourth-order valence-electron chi connectivity index (χ4n) is 1.60. The number of nitrogens with one attached hydrogen (secondary N) is 1. The van der Waals surface area contributed by atoms with Crippen LogP contribution in [-0.2, 0) is 4.79 Å². The molecule has 0 heterocycles. The smallest absolute Gasteiger partial charge is 0.224 e. The molecule has 0 radical (unpaired) electrons. The topological polar surface area (TPSA) is 55.1 Å². The van der Waals surface area contributed by atoms with Gasteiger partial charge in [-0.15, -0.1) is 0 Å². The molecule has 4 heteroatoms. The minimum Gasteiger partial charge on any atom is -0.326 e. The van der Waals surface area contributed by atoms with Crippen molar-refractivity contribution in [1.29, 1.82) is 0 Å². The zero-order valence-corrected chi connectivity index (χ0v) is 11.1. The van der Waals surface area contributed by atoms with Crippen molar-refractivity contribution in [3.63, 3.8) is 0 Å². The number of anilines is 1. The van der Waals surface area contributed by atoms with E-state index in [0.29, 0.717) is 12.1 Å². The summed E-state index contributed by atoms with van der Waals surface area (Å²) in [5, 5.41) is 2.67. The molecule has 3 N–H and O–H groups in total. The lowest BCUT2D eigenvalue weighted by Crippen LogP contribution is -2.11. The summed E-state index contributed by atoms with van der Waals surface area (Å²) in [6, 6.07) is 4.46. The number of amides is 1. The molecule has 1 amide bonds. The van der Waals surface area contributed by atoms with Gasteiger partial charge in [0.15, 0.2) is 0 Å². The van der Waals surface area contributed by atoms with E-state index in [1.54, 1.807) is 12.1 Å². The molecule has 0 fully saturated rings. The van der Waals surface area contributed by atoms with E-state index in [2.05, 4.69) is 24.1 Å². The Labute approximate surface area is 113 Å². The molecule has 0 bridgehead atoms. The lowest BCUT2D eigenvalue weighted by Gasteiger charge is -2.05. The summed E-state index contributed by atoms with van der Waals surface area (Å²) in [7, 11) is 0. The van der Waals surface area contributed by atoms with Gasteiger partial charge < -0.3 is 11.1 Å². The minimum absolute atomic E-state index is 0.0892. The lowest BCUT2D eigenvalue weighted by atomic mass is 10.1. The largest absolute Gasteiger partial charge is 0.326 e. The van der Waals surface area contributed by atoms with E-state index in [1.165, 1.54) is 6.07 Å². The van der Waals surface area contributed by atoms with Gasteiger partial charge in [0.2, 0.25) is 5.91 Å². The molecule has 0 aliphatic heterocycles. The SMILES string of the molecule is CCCCCC(=O)Nc1ccc(C#CCN)c(F)c1. The van der Waals surface area contributed by atoms with Crippen LogP contribution in [0.2, 0.25) is 0 Å². The van der Waals surface area contributed by atoms with E-state index in [0.717, 1.165) is 19.3 Å². The van der Waals surface area contributed by atoms with Gasteiger partial charge in [0, 0.05) is 12.1 Å². The average molecular weight is 262 g/mol. The molecule has 1 rings (SSSR count). The molecule has 0 spiro atoms. The molecule has 0 unspecified atom stereocenters. The molecular weight excluding hydrogens is 243 g/mol. The van der Waals surface area contributed by atoms with Crippen molar-refractivity contribution in [3.05, 3.63) is 29.6 Å². The van der Waals surface area contributed by atoms with Gasteiger partial charge >= 0.3 is 0 Å². The van der Waals surface area contributed by atoms with Crippen molar-refractivity contribution in [2.75, 3.05) is 11.9 Å². The molecular formula is C15H19FN2O. The highest BCUT2D eigenvalue weighted by molar-refractivity contribution is 5.90. The summed E-state index contributed by atoms with van der Waals surface area (Å²) in [6.07, 6.45) is 3.40. The third-order valence-electron chi connectivity index (χ3n) is 2.59. The van der Waals surface area contributed by atoms with Gasteiger partial charge in [0.25, 0.3) is 0 Å². The summed E-state index contributed by atoms with van der Waals surface area (Å²) in [4.78, 5) is 11.6. The maximum atomic E-state index is 13.6. The van der Waals surface area contributed by atoms with Crippen LogP contribution >= 0.6 is 0 Å². The van der Waals surface area contributed by atoms with Gasteiger partial charge in [0.1, 0.15) is 5.82 Å². The number of hydrogen-bond acceptors (Lipinski definition) is 2. The Morgan fingerprint density at radius 3 is 2.84 bits per heavy atom. The maximum absolute atomic E-state index is 13.6. The molecule has 0 aliphatic carbocycles. The van der Waals surface area contributed by atoms with Crippen molar-refractivity contribution < 1.29 is 9.18 Å². The Morgan fingerprint density at radius 1 is 1.42 bits per heavy atom. The fourth-order valence-corrected chi connectivity index (χ4v) is 1.60. The molecule has 0 saturated carbocycles. The number of hydrogen-bond donors (Lipinski definition) is 2. The molecule has 102 valence electrons. The number of carbonyl (C=O) groups is 1. The molecule has 3 nitrogen and oxygen atoms in total. The monoisotopic (exact) mass is 262 g/mol. The average Bonchev–Trinajstić information content (AvgIpc) is 2.38. The van der Waals surface area contributed by atoms with Crippen LogP contribution in [0, 0.1) is 17.7 Å². The number of rotatable bonds is 5. The van der Waals surface area contributed by atoms with E-state index in [4.69, 9.17) is 5.73 Å². The second-order valence-electron chi connectivity index (χ2n) is 4.21. The summed E-state index contributed by atoms with van der Waals surface area (Å²) >= 11 is 0. The first-order chi connectivity index (χ1) is 9.17. The second-order valence-corrected chi connectivity index (χ2v) is 4.21. The highest BCUT2D eigenvalue weighted by Gasteiger charge is 2.05. The van der Waals surface area contributed by atoms with Crippen LogP contribution in [0.1, 0.15) is 38.2 Å². The van der Waals surface area contributed by atoms with Crippen LogP contribution in [0.15, 0.2) is 18.2 Å². The molecule has 0 atom stereocenters. The Hall–Kier alpha value is -1.86. The van der Waals surface area contributed by atoms with Crippen molar-refractivity contribution >= 4 is 11.6 Å². The van der Waals surface area contributed by atoms with Crippen LogP contribution < -0.4 is 11.1 Å². The maximum Gasteiger partial charge on any atom is 0.224 e. The molecule has 19 heavy (non-hydrogen) atoms. The van der Waals surface area contributed by atoms with Crippen molar-refractivity contribution in [2.24, 2.45) is 5.73 Å². The molecule has 1 aromatic rings. The standard InChI is InChI=1S/C15H19FN2O/c1-2-3-4-7-15(19)18-13-9-8-12(6-5-10-17)14(16)11-13/h8-9,11H,2-4,7,10,17H2,1H3,(H,18,19). The van der Waals surface area contributed by atoms with Crippen molar-refractivity contribution in [1.82, 2.24) is 0 Å². The van der Waals surface area contributed by atoms with Crippen LogP contribution in [-0.4, -0.2) is 12.5 Å². The van der Waals surface area contributed by atoms with Crippen LogP contribution in [0.3, 0.4) is 0 Å². The van der Waals surface area contributed by atoms with E-state index >= 15 is 0 Å². The quantitative estimate of drug-likeness (QED) is 0.633. The Kier molecular flexibility index (Phi) is 6.62. The third kappa shape index (κ3) is 5.54. The highest BCUT2D eigenvalue weighted by Crippen LogP contribution is 2.14. The van der Waals surface area contributed by atoms with Gasteiger partial charge in [-0.25, -0.2) is 4.39 Å². The van der Waals surface area contributed by atoms with Crippen LogP contribution in [0.5, 0.6) is 0 Å². The van der Waals surface area contributed by atoms with Crippen molar-refractivity contribution in [3.8, 4) is 11.8 Å². The third-order valence-corrected chi connectivity index (χ3v) is 2.59. The van der Waals surface area contributed by atoms with Crippen LogP contribution in [0.4, 0.5) is 10.1 Å². The van der Waals surface area contributed by atoms with E-state index in [1.807, 2.05) is 0 Å². The molecule has 0 aromatic heterocycles. The number of unbranched alkanes of at least 4 members (excludes halogenated alkanes) is 2. The first-order valence-corrected chi connectivity index (χ1v) is 6.45. The zero-order valence-electron chi connectivity index (χ0n) is 11.1. The normalized spacial score (nSPS) is 9.63. The van der Waals surface area contributed by atoms with Gasteiger partial charge in [-0.05, 0) is 24.6 Å². The number of carbonyl (C=O) groups excluding carboxylic acids is 1. The minimum atomic E-state index is -0.452. The predicted molar refractivity (Wildman–Crippen MR) is 75.1 cm³/mol. The first kappa shape index (κ1) is 15.2. The Morgan fingerprint density at radius 2 is 2.21 bits per heavy atom. The second kappa shape index (κ2) is 8.28. The number of halogens is 1. The van der Waals surface area contributed by atoms with Crippen molar-refractivity contribution in [2.45, 2.75) is 32.6 Å². The van der Waals surface area contributed by atoms with Gasteiger partial charge in [0.05, 0.1) is 12.1 Å². The summed E-state index contributed by atoms with van der Waals surface area (Å²) in [6.45, 7) is 2.27. The molecule has 0 aliphatic rings. The molecule has 1 aromatic carbocycles. The lowest BCUT2D eigenvalue weighted by molar-refractivity contribution is -0.116. The molecule has 0 saturated heterocycles. The van der Waals surface area contributed by atoms with E-state index < -0.39 is 5.82 Å². The Balaban J connectivity index is 2.60. The van der Waals surface area contributed by atoms with E-state index in [-0.39, 0.29) is 18.0 Å². The fraction of sp³-hybridized carbons (Fsp3) is 0.400. The van der Waals surface area contributed by atoms with Crippen LogP contribution in [0.25, 0.3) is 0 Å². The van der Waals surface area contributed by atoms with Gasteiger partial charge in [-0.1, -0.05) is 31.6 Å². The summed E-state index contributed by atoms with van der Waals surface area (Å²) < 4.78 is 13.6. The summed E-state index contributed by atoms with van der Waals surface area (Å²) in [5.41, 5.74) is 5.97. The van der Waals surface area contributed by atoms with Gasteiger partial charge in [-0.2, -0.15) is 0 Å². The number of benzene rings is 1. The highest BCUT2D eigenvalue weighted by atomic mass is 19.1. The summed E-state index contributed by atoms with van der Waals surface area (Å²) in [5.74, 6) is 4.68. The van der Waals surface area contributed by atoms with E-state index in [9.17, 15) is 9.18 Å². The number of nitrogens with two attached hydrogens (primary N) is 1. The zero-order chi connectivity index (χ0) is 14.1. The Bertz CT molecular complexity index is 489.